The van der Waals surface area contributed by atoms with E-state index in [1.165, 1.54) is 12.1 Å². The van der Waals surface area contributed by atoms with E-state index < -0.39 is 23.6 Å². The van der Waals surface area contributed by atoms with Crippen LogP contribution in [-0.4, -0.2) is 39.5 Å². The zero-order chi connectivity index (χ0) is 28.7. The van der Waals surface area contributed by atoms with E-state index in [1.54, 1.807) is 54.7 Å². The topological polar surface area (TPSA) is 117 Å². The molecule has 0 radical (unpaired) electrons. The van der Waals surface area contributed by atoms with Crippen LogP contribution in [0.1, 0.15) is 26.3 Å². The maximum absolute atomic E-state index is 13.5. The Balaban J connectivity index is 1.49. The predicted octanol–water partition coefficient (Wildman–Crippen LogP) is 4.73. The Morgan fingerprint density at radius 1 is 0.829 bits per heavy atom. The molecule has 2 amide bonds. The van der Waals surface area contributed by atoms with Crippen LogP contribution in [0.2, 0.25) is 0 Å². The Labute approximate surface area is 233 Å². The van der Waals surface area contributed by atoms with Gasteiger partial charge in [0.1, 0.15) is 0 Å². The van der Waals surface area contributed by atoms with Gasteiger partial charge in [-0.1, -0.05) is 66.7 Å². The minimum absolute atomic E-state index is 0.0880. The number of rotatable bonds is 7. The standard InChI is InChI=1S/C32H21N3O6/c36-19-29(37)34(35-28-16-22(30(38)31(35)39)11-13-25(28)20-6-2-1-3-7-20)24-12-10-21-14-15-33(27(21)17-24)18-23-8-4-5-9-26(23)32(40)41/h1-17,19H,18H2,(H,40,41). The minimum atomic E-state index is -1.05. The molecule has 4 aromatic carbocycles. The van der Waals surface area contributed by atoms with Crippen molar-refractivity contribution in [1.29, 1.82) is 0 Å². The third-order valence-electron chi connectivity index (χ3n) is 7.06. The zero-order valence-electron chi connectivity index (χ0n) is 21.4. The molecule has 200 valence electrons. The highest BCUT2D eigenvalue weighted by Crippen LogP contribution is 2.38. The second kappa shape index (κ2) is 10.0. The summed E-state index contributed by atoms with van der Waals surface area (Å²) in [5.41, 5.74) is 3.33. The van der Waals surface area contributed by atoms with Crippen LogP contribution >= 0.6 is 0 Å². The van der Waals surface area contributed by atoms with Crippen molar-refractivity contribution in [2.45, 2.75) is 6.54 Å². The summed E-state index contributed by atoms with van der Waals surface area (Å²) in [5.74, 6) is -3.89. The fourth-order valence-corrected chi connectivity index (χ4v) is 5.12. The van der Waals surface area contributed by atoms with Crippen molar-refractivity contribution in [3.63, 3.8) is 0 Å². The number of hydrogen-bond acceptors (Lipinski definition) is 5. The molecule has 1 N–H and O–H groups in total. The predicted molar refractivity (Wildman–Crippen MR) is 152 cm³/mol. The molecule has 41 heavy (non-hydrogen) atoms. The van der Waals surface area contributed by atoms with Crippen LogP contribution in [0.15, 0.2) is 103 Å². The number of amides is 2. The van der Waals surface area contributed by atoms with Crippen molar-refractivity contribution < 1.29 is 29.1 Å². The van der Waals surface area contributed by atoms with E-state index in [1.807, 2.05) is 41.0 Å². The SMILES string of the molecule is O=CC(=O)N(c1ccc2ccn(Cc3ccccc3C(=O)O)c2c1)N1C(=O)C(=O)c2ccc(-c3ccccc3)c1c2. The molecular weight excluding hydrogens is 522 g/mol. The average molecular weight is 544 g/mol. The molecule has 0 saturated carbocycles. The van der Waals surface area contributed by atoms with Gasteiger partial charge in [0.2, 0.25) is 6.29 Å². The average Bonchev–Trinajstić information content (AvgIpc) is 3.40. The first kappa shape index (κ1) is 25.4. The van der Waals surface area contributed by atoms with Gasteiger partial charge in [-0.2, -0.15) is 0 Å². The van der Waals surface area contributed by atoms with Crippen LogP contribution in [0.25, 0.3) is 22.0 Å². The van der Waals surface area contributed by atoms with Crippen LogP contribution in [0.3, 0.4) is 0 Å². The van der Waals surface area contributed by atoms with Gasteiger partial charge < -0.3 is 9.67 Å². The molecule has 2 heterocycles. The number of fused-ring (bicyclic) bond motifs is 3. The zero-order valence-corrected chi connectivity index (χ0v) is 21.4. The fourth-order valence-electron chi connectivity index (χ4n) is 5.12. The molecule has 0 spiro atoms. The van der Waals surface area contributed by atoms with Crippen molar-refractivity contribution in [3.8, 4) is 11.1 Å². The largest absolute Gasteiger partial charge is 0.478 e. The third kappa shape index (κ3) is 4.35. The summed E-state index contributed by atoms with van der Waals surface area (Å²) in [5, 5.41) is 12.2. The molecule has 0 atom stereocenters. The highest BCUT2D eigenvalue weighted by molar-refractivity contribution is 6.51. The van der Waals surface area contributed by atoms with Crippen molar-refractivity contribution in [1.82, 2.24) is 4.57 Å². The molecule has 5 aromatic rings. The van der Waals surface area contributed by atoms with Crippen LogP contribution in [-0.2, 0) is 20.9 Å². The summed E-state index contributed by atoms with van der Waals surface area (Å²) in [7, 11) is 0. The second-order valence-corrected chi connectivity index (χ2v) is 9.46. The molecule has 6 rings (SSSR count). The molecule has 0 unspecified atom stereocenters. The smallest absolute Gasteiger partial charge is 0.336 e. The van der Waals surface area contributed by atoms with Gasteiger partial charge in [0.05, 0.1) is 22.5 Å². The summed E-state index contributed by atoms with van der Waals surface area (Å²) >= 11 is 0. The number of anilines is 2. The molecule has 1 aliphatic rings. The number of carbonyl (C=O) groups excluding carboxylic acids is 4. The number of carbonyl (C=O) groups is 5. The highest BCUT2D eigenvalue weighted by Gasteiger charge is 2.39. The van der Waals surface area contributed by atoms with Gasteiger partial charge in [-0.3, -0.25) is 19.2 Å². The van der Waals surface area contributed by atoms with E-state index in [4.69, 9.17) is 0 Å². The molecule has 2 bridgehead atoms. The van der Waals surface area contributed by atoms with Crippen molar-refractivity contribution in [2.75, 3.05) is 10.0 Å². The summed E-state index contributed by atoms with van der Waals surface area (Å²) in [6.45, 7) is 0.221. The van der Waals surface area contributed by atoms with Gasteiger partial charge in [-0.25, -0.2) is 14.8 Å². The number of aromatic carboxylic acids is 1. The second-order valence-electron chi connectivity index (χ2n) is 9.46. The number of hydrazine groups is 1. The van der Waals surface area contributed by atoms with Gasteiger partial charge in [-0.05, 0) is 46.8 Å². The highest BCUT2D eigenvalue weighted by atomic mass is 16.4. The van der Waals surface area contributed by atoms with Crippen molar-refractivity contribution in [3.05, 3.63) is 120 Å². The summed E-state index contributed by atoms with van der Waals surface area (Å²) in [4.78, 5) is 63.2. The van der Waals surface area contributed by atoms with Crippen molar-refractivity contribution >= 4 is 52.1 Å². The van der Waals surface area contributed by atoms with Gasteiger partial charge >= 0.3 is 17.8 Å². The quantitative estimate of drug-likeness (QED) is 0.234. The summed E-state index contributed by atoms with van der Waals surface area (Å²) in [6, 6.07) is 27.4. The van der Waals surface area contributed by atoms with Crippen LogP contribution in [0.5, 0.6) is 0 Å². The maximum Gasteiger partial charge on any atom is 0.336 e. The first-order chi connectivity index (χ1) is 19.9. The van der Waals surface area contributed by atoms with Crippen molar-refractivity contribution in [2.24, 2.45) is 0 Å². The minimum Gasteiger partial charge on any atom is -0.478 e. The lowest BCUT2D eigenvalue weighted by atomic mass is 9.96. The van der Waals surface area contributed by atoms with Gasteiger partial charge in [0.25, 0.3) is 5.78 Å². The molecule has 0 saturated heterocycles. The number of ketones is 1. The van der Waals surface area contributed by atoms with E-state index in [2.05, 4.69) is 0 Å². The number of hydrogen-bond donors (Lipinski definition) is 1. The van der Waals surface area contributed by atoms with E-state index in [0.717, 1.165) is 21.0 Å². The lowest BCUT2D eigenvalue weighted by Crippen LogP contribution is -2.55. The first-order valence-corrected chi connectivity index (χ1v) is 12.6. The Kier molecular flexibility index (Phi) is 6.24. The molecule has 0 fully saturated rings. The monoisotopic (exact) mass is 543 g/mol. The van der Waals surface area contributed by atoms with Crippen LogP contribution in [0.4, 0.5) is 11.4 Å². The van der Waals surface area contributed by atoms with E-state index in [9.17, 15) is 29.1 Å². The number of nitrogens with zero attached hydrogens (tertiary/aromatic N) is 3. The lowest BCUT2D eigenvalue weighted by molar-refractivity contribution is -0.130. The van der Waals surface area contributed by atoms with Gasteiger partial charge in [0.15, 0.2) is 0 Å². The number of benzene rings is 4. The Morgan fingerprint density at radius 2 is 1.59 bits per heavy atom. The number of aldehydes is 1. The number of aromatic nitrogens is 1. The molecular formula is C32H21N3O6. The van der Waals surface area contributed by atoms with Gasteiger partial charge in [-0.15, -0.1) is 0 Å². The normalized spacial score (nSPS) is 12.4. The number of carboxylic acids is 1. The molecule has 1 aromatic heterocycles. The summed E-state index contributed by atoms with van der Waals surface area (Å²) in [6.07, 6.45) is 1.87. The van der Waals surface area contributed by atoms with E-state index >= 15 is 0 Å². The number of Topliss-reactive ketones (excluding diaryl/α,β-unsaturated/α-hetero) is 1. The molecule has 9 nitrogen and oxygen atoms in total. The molecule has 1 aliphatic heterocycles. The summed E-state index contributed by atoms with van der Waals surface area (Å²) < 4.78 is 1.81. The fraction of sp³-hybridized carbons (Fsp3) is 0.0312. The Hall–Kier alpha value is -5.83. The molecule has 9 heteroatoms. The van der Waals surface area contributed by atoms with Gasteiger partial charge in [0, 0.05) is 23.9 Å². The van der Waals surface area contributed by atoms with Crippen LogP contribution in [0, 0.1) is 0 Å². The Morgan fingerprint density at radius 3 is 2.34 bits per heavy atom. The maximum atomic E-state index is 13.5. The first-order valence-electron chi connectivity index (χ1n) is 12.6. The molecule has 0 aliphatic carbocycles. The van der Waals surface area contributed by atoms with Crippen LogP contribution < -0.4 is 10.0 Å². The third-order valence-corrected chi connectivity index (χ3v) is 7.06. The Bertz CT molecular complexity index is 1890. The number of carboxylic acid groups (broad SMARTS) is 1. The lowest BCUT2D eigenvalue weighted by Gasteiger charge is -2.36. The van der Waals surface area contributed by atoms with E-state index in [0.29, 0.717) is 16.6 Å². The van der Waals surface area contributed by atoms with E-state index in [-0.39, 0.29) is 35.3 Å².